The second-order valence-electron chi connectivity index (χ2n) is 3.39. The second-order valence-corrected chi connectivity index (χ2v) is 4.68. The van der Waals surface area contributed by atoms with E-state index in [0.29, 0.717) is 0 Å². The van der Waals surface area contributed by atoms with E-state index in [9.17, 15) is 0 Å². The first-order valence-electron chi connectivity index (χ1n) is 4.43. The predicted octanol–water partition coefficient (Wildman–Crippen LogP) is 3.35. The first-order chi connectivity index (χ1) is 6.25. The molecule has 0 saturated heterocycles. The summed E-state index contributed by atoms with van der Waals surface area (Å²) in [7, 11) is 0. The third-order valence-electron chi connectivity index (χ3n) is 2.17. The Balaban J connectivity index is 2.01. The van der Waals surface area contributed by atoms with Gasteiger partial charge in [-0.3, -0.25) is 0 Å². The molecule has 0 atom stereocenters. The summed E-state index contributed by atoms with van der Waals surface area (Å²) >= 11 is 9.33. The van der Waals surface area contributed by atoms with E-state index in [2.05, 4.69) is 27.3 Å². The second kappa shape index (κ2) is 3.99. The molecule has 1 aliphatic carbocycles. The lowest BCUT2D eigenvalue weighted by atomic mass is 10.2. The highest BCUT2D eigenvalue weighted by molar-refractivity contribution is 9.10. The van der Waals surface area contributed by atoms with Gasteiger partial charge in [0.25, 0.3) is 0 Å². The molecule has 3 heteroatoms. The summed E-state index contributed by atoms with van der Waals surface area (Å²) in [6, 6.07) is 6.67. The molecule has 0 bridgehead atoms. The minimum absolute atomic E-state index is 0.752. The van der Waals surface area contributed by atoms with E-state index in [1.54, 1.807) is 0 Å². The van der Waals surface area contributed by atoms with Gasteiger partial charge in [0.05, 0.1) is 0 Å². The van der Waals surface area contributed by atoms with Gasteiger partial charge in [-0.2, -0.15) is 0 Å². The highest BCUT2D eigenvalue weighted by Crippen LogP contribution is 2.23. The average Bonchev–Trinajstić information content (AvgIpc) is 2.86. The summed E-state index contributed by atoms with van der Waals surface area (Å²) in [4.78, 5) is 0. The van der Waals surface area contributed by atoms with E-state index in [-0.39, 0.29) is 0 Å². The minimum atomic E-state index is 0.752. The van der Waals surface area contributed by atoms with Crippen LogP contribution >= 0.6 is 27.5 Å². The van der Waals surface area contributed by atoms with Crippen LogP contribution in [0.25, 0.3) is 0 Å². The van der Waals surface area contributed by atoms with Crippen LogP contribution < -0.4 is 5.32 Å². The Morgan fingerprint density at radius 2 is 2.23 bits per heavy atom. The van der Waals surface area contributed by atoms with Gasteiger partial charge in [-0.1, -0.05) is 33.6 Å². The fourth-order valence-corrected chi connectivity index (χ4v) is 2.03. The summed E-state index contributed by atoms with van der Waals surface area (Å²) < 4.78 is 1.09. The van der Waals surface area contributed by atoms with Crippen molar-refractivity contribution in [1.82, 2.24) is 5.32 Å². The van der Waals surface area contributed by atoms with E-state index in [1.165, 1.54) is 18.4 Å². The van der Waals surface area contributed by atoms with Gasteiger partial charge in [-0.05, 0) is 30.5 Å². The van der Waals surface area contributed by atoms with E-state index in [4.69, 9.17) is 11.6 Å². The Morgan fingerprint density at radius 1 is 1.46 bits per heavy atom. The molecule has 13 heavy (non-hydrogen) atoms. The third kappa shape index (κ3) is 2.70. The van der Waals surface area contributed by atoms with Gasteiger partial charge in [0.1, 0.15) is 0 Å². The molecule has 0 heterocycles. The van der Waals surface area contributed by atoms with Crippen LogP contribution in [0.5, 0.6) is 0 Å². The van der Waals surface area contributed by atoms with Crippen LogP contribution in [0.2, 0.25) is 5.02 Å². The Morgan fingerprint density at radius 3 is 2.85 bits per heavy atom. The number of hydrogen-bond acceptors (Lipinski definition) is 1. The average molecular weight is 261 g/mol. The molecule has 1 aromatic rings. The minimum Gasteiger partial charge on any atom is -0.310 e. The van der Waals surface area contributed by atoms with Crippen LogP contribution in [0, 0.1) is 0 Å². The lowest BCUT2D eigenvalue weighted by Gasteiger charge is -2.05. The van der Waals surface area contributed by atoms with E-state index in [0.717, 1.165) is 22.1 Å². The maximum absolute atomic E-state index is 5.84. The third-order valence-corrected chi connectivity index (χ3v) is 3.15. The van der Waals surface area contributed by atoms with Crippen LogP contribution in [0.3, 0.4) is 0 Å². The van der Waals surface area contributed by atoms with Gasteiger partial charge >= 0.3 is 0 Å². The first-order valence-corrected chi connectivity index (χ1v) is 5.60. The van der Waals surface area contributed by atoms with E-state index < -0.39 is 0 Å². The summed E-state index contributed by atoms with van der Waals surface area (Å²) in [6.45, 7) is 0.933. The molecule has 0 aliphatic heterocycles. The van der Waals surface area contributed by atoms with Crippen molar-refractivity contribution in [3.8, 4) is 0 Å². The Bertz CT molecular complexity index is 310. The highest BCUT2D eigenvalue weighted by Gasteiger charge is 2.20. The normalized spacial score (nSPS) is 16.2. The molecule has 1 N–H and O–H groups in total. The van der Waals surface area contributed by atoms with Gasteiger partial charge in [-0.25, -0.2) is 0 Å². The molecule has 1 aromatic carbocycles. The fourth-order valence-electron chi connectivity index (χ4n) is 1.21. The van der Waals surface area contributed by atoms with Gasteiger partial charge in [0, 0.05) is 22.1 Å². The summed E-state index contributed by atoms with van der Waals surface area (Å²) in [6.07, 6.45) is 2.65. The quantitative estimate of drug-likeness (QED) is 0.879. The summed E-state index contributed by atoms with van der Waals surface area (Å²) in [5.41, 5.74) is 1.27. The Hall–Kier alpha value is -0.0500. The van der Waals surface area contributed by atoms with Gasteiger partial charge in [0.2, 0.25) is 0 Å². The number of halogens is 2. The standard InChI is InChI=1S/C10H11BrClN/c11-10-5-8(12)2-1-7(10)6-13-9-3-4-9/h1-2,5,9,13H,3-4,6H2. The Kier molecular flexibility index (Phi) is 2.92. The van der Waals surface area contributed by atoms with Gasteiger partial charge < -0.3 is 5.32 Å². The lowest BCUT2D eigenvalue weighted by molar-refractivity contribution is 0.686. The number of hydrogen-bond donors (Lipinski definition) is 1. The molecule has 0 spiro atoms. The van der Waals surface area contributed by atoms with Crippen molar-refractivity contribution >= 4 is 27.5 Å². The van der Waals surface area contributed by atoms with Crippen molar-refractivity contribution in [3.63, 3.8) is 0 Å². The zero-order chi connectivity index (χ0) is 9.26. The molecule has 2 rings (SSSR count). The predicted molar refractivity (Wildman–Crippen MR) is 59.0 cm³/mol. The van der Waals surface area contributed by atoms with Gasteiger partial charge in [-0.15, -0.1) is 0 Å². The first kappa shape index (κ1) is 9.50. The number of nitrogens with one attached hydrogen (secondary N) is 1. The molecule has 1 aliphatic rings. The largest absolute Gasteiger partial charge is 0.310 e. The molecule has 1 fully saturated rings. The Labute approximate surface area is 91.6 Å². The molecule has 70 valence electrons. The molecule has 0 aromatic heterocycles. The fraction of sp³-hybridized carbons (Fsp3) is 0.400. The zero-order valence-electron chi connectivity index (χ0n) is 7.19. The van der Waals surface area contributed by atoms with Crippen LogP contribution in [-0.2, 0) is 6.54 Å². The molecule has 0 radical (unpaired) electrons. The number of benzene rings is 1. The SMILES string of the molecule is Clc1ccc(CNC2CC2)c(Br)c1. The summed E-state index contributed by atoms with van der Waals surface area (Å²) in [5.74, 6) is 0. The summed E-state index contributed by atoms with van der Waals surface area (Å²) in [5, 5.41) is 4.24. The smallest absolute Gasteiger partial charge is 0.0417 e. The molecular formula is C10H11BrClN. The molecule has 1 nitrogen and oxygen atoms in total. The van der Waals surface area contributed by atoms with Crippen molar-refractivity contribution < 1.29 is 0 Å². The van der Waals surface area contributed by atoms with E-state index in [1.807, 2.05) is 12.1 Å². The maximum Gasteiger partial charge on any atom is 0.0417 e. The molecule has 0 unspecified atom stereocenters. The van der Waals surface area contributed by atoms with Crippen molar-refractivity contribution in [2.75, 3.05) is 0 Å². The topological polar surface area (TPSA) is 12.0 Å². The van der Waals surface area contributed by atoms with Crippen molar-refractivity contribution in [3.05, 3.63) is 33.3 Å². The van der Waals surface area contributed by atoms with Crippen LogP contribution in [0.15, 0.2) is 22.7 Å². The van der Waals surface area contributed by atoms with Crippen molar-refractivity contribution in [2.24, 2.45) is 0 Å². The molecular weight excluding hydrogens is 249 g/mol. The van der Waals surface area contributed by atoms with Crippen LogP contribution in [0.1, 0.15) is 18.4 Å². The monoisotopic (exact) mass is 259 g/mol. The maximum atomic E-state index is 5.84. The van der Waals surface area contributed by atoms with Crippen molar-refractivity contribution in [1.29, 1.82) is 0 Å². The molecule has 0 amide bonds. The van der Waals surface area contributed by atoms with Crippen LogP contribution in [0.4, 0.5) is 0 Å². The van der Waals surface area contributed by atoms with Crippen LogP contribution in [-0.4, -0.2) is 6.04 Å². The van der Waals surface area contributed by atoms with Gasteiger partial charge in [0.15, 0.2) is 0 Å². The zero-order valence-corrected chi connectivity index (χ0v) is 9.53. The highest BCUT2D eigenvalue weighted by atomic mass is 79.9. The molecule has 1 saturated carbocycles. The lowest BCUT2D eigenvalue weighted by Crippen LogP contribution is -2.15. The van der Waals surface area contributed by atoms with E-state index >= 15 is 0 Å². The number of rotatable bonds is 3. The van der Waals surface area contributed by atoms with Crippen molar-refractivity contribution in [2.45, 2.75) is 25.4 Å².